The van der Waals surface area contributed by atoms with E-state index in [0.717, 1.165) is 31.2 Å². The Morgan fingerprint density at radius 1 is 1.23 bits per heavy atom. The number of hydrogen-bond acceptors (Lipinski definition) is 7. The van der Waals surface area contributed by atoms with Gasteiger partial charge in [-0.05, 0) is 48.6 Å². The number of nitrogens with zero attached hydrogens (tertiary/aromatic N) is 3. The van der Waals surface area contributed by atoms with Crippen molar-refractivity contribution >= 4 is 41.0 Å². The van der Waals surface area contributed by atoms with Crippen molar-refractivity contribution in [3.8, 4) is 0 Å². The van der Waals surface area contributed by atoms with Gasteiger partial charge in [0.25, 0.3) is 0 Å². The van der Waals surface area contributed by atoms with Gasteiger partial charge in [0, 0.05) is 42.6 Å². The van der Waals surface area contributed by atoms with Gasteiger partial charge in [-0.3, -0.25) is 4.99 Å². The number of nitrogens with one attached hydrogen (secondary N) is 3. The molecule has 0 atom stereocenters. The number of nitrogens with two attached hydrogens (primary N) is 1. The van der Waals surface area contributed by atoms with E-state index in [1.807, 2.05) is 6.20 Å². The molecule has 0 aliphatic heterocycles. The van der Waals surface area contributed by atoms with E-state index in [-0.39, 0.29) is 5.82 Å². The van der Waals surface area contributed by atoms with E-state index < -0.39 is 0 Å². The summed E-state index contributed by atoms with van der Waals surface area (Å²) < 4.78 is 14.7. The van der Waals surface area contributed by atoms with E-state index >= 15 is 0 Å². The van der Waals surface area contributed by atoms with Gasteiger partial charge in [0.15, 0.2) is 0 Å². The Kier molecular flexibility index (Phi) is 11.5. The fraction of sp³-hybridized carbons (Fsp3) is 0.269. The Balaban J connectivity index is 0.00000137. The zero-order valence-electron chi connectivity index (χ0n) is 20.0. The number of aliphatic imine (C=N–C) groups is 1. The van der Waals surface area contributed by atoms with Crippen LogP contribution in [0.2, 0.25) is 0 Å². The second-order valence-corrected chi connectivity index (χ2v) is 8.10. The third-order valence-corrected chi connectivity index (χ3v) is 5.34. The molecule has 0 radical (unpaired) electrons. The highest BCUT2D eigenvalue weighted by atomic mass is 35.5. The van der Waals surface area contributed by atoms with Crippen LogP contribution in [0.15, 0.2) is 78.3 Å². The molecule has 0 unspecified atom stereocenters. The van der Waals surface area contributed by atoms with Gasteiger partial charge in [0.05, 0.1) is 11.4 Å². The van der Waals surface area contributed by atoms with Crippen molar-refractivity contribution in [2.45, 2.75) is 38.0 Å². The maximum absolute atomic E-state index is 14.7. The molecule has 0 spiro atoms. The van der Waals surface area contributed by atoms with Gasteiger partial charge in [0.2, 0.25) is 5.95 Å². The lowest BCUT2D eigenvalue weighted by molar-refractivity contribution is 0.443. The second-order valence-electron chi connectivity index (χ2n) is 7.80. The zero-order chi connectivity index (χ0) is 25.6. The van der Waals surface area contributed by atoms with E-state index in [2.05, 4.69) is 50.6 Å². The Morgan fingerprint density at radius 3 is 2.57 bits per heavy atom. The Labute approximate surface area is 211 Å². The topological polar surface area (TPSA) is 100 Å². The lowest BCUT2D eigenvalue weighted by Crippen LogP contribution is -2.13. The molecule has 1 aliphatic rings. The van der Waals surface area contributed by atoms with Gasteiger partial charge in [0.1, 0.15) is 11.6 Å². The average Bonchev–Trinajstić information content (AvgIpc) is 2.87. The van der Waals surface area contributed by atoms with E-state index in [1.54, 1.807) is 31.5 Å². The first-order chi connectivity index (χ1) is 16.9. The highest BCUT2D eigenvalue weighted by molar-refractivity contribution is 6.25. The van der Waals surface area contributed by atoms with Crippen molar-refractivity contribution in [1.29, 1.82) is 0 Å². The van der Waals surface area contributed by atoms with Crippen LogP contribution in [0.4, 0.5) is 27.5 Å². The fourth-order valence-electron chi connectivity index (χ4n) is 3.71. The van der Waals surface area contributed by atoms with Crippen LogP contribution in [0.5, 0.6) is 0 Å². The zero-order valence-corrected chi connectivity index (χ0v) is 20.8. The van der Waals surface area contributed by atoms with Crippen LogP contribution >= 0.6 is 11.6 Å². The van der Waals surface area contributed by atoms with Gasteiger partial charge in [-0.15, -0.1) is 0 Å². The summed E-state index contributed by atoms with van der Waals surface area (Å²) >= 11 is 4.76. The number of aromatic nitrogens is 2. The molecule has 9 heteroatoms. The molecule has 0 bridgehead atoms. The fourth-order valence-corrected chi connectivity index (χ4v) is 3.71. The maximum Gasteiger partial charge on any atom is 0.229 e. The molecule has 1 heterocycles. The van der Waals surface area contributed by atoms with E-state index in [4.69, 9.17) is 17.3 Å². The van der Waals surface area contributed by atoms with Crippen LogP contribution in [-0.4, -0.2) is 23.2 Å². The molecule has 0 amide bonds. The van der Waals surface area contributed by atoms with Crippen LogP contribution in [0.1, 0.15) is 43.6 Å². The smallest absolute Gasteiger partial charge is 0.229 e. The van der Waals surface area contributed by atoms with Crippen molar-refractivity contribution in [3.05, 3.63) is 84.7 Å². The van der Waals surface area contributed by atoms with Crippen molar-refractivity contribution in [2.24, 2.45) is 10.7 Å². The Bertz CT molecular complexity index is 1080. The molecular weight excluding hydrogens is 465 g/mol. The molecule has 3 rings (SSSR count). The predicted molar refractivity (Wildman–Crippen MR) is 147 cm³/mol. The quantitative estimate of drug-likeness (QED) is 0.224. The predicted octanol–water partition coefficient (Wildman–Crippen LogP) is 6.80. The number of allylic oxidation sites excluding steroid dienone is 2. The molecule has 1 fully saturated rings. The van der Waals surface area contributed by atoms with Gasteiger partial charge in [-0.25, -0.2) is 9.37 Å². The largest absolute Gasteiger partial charge is 0.403 e. The summed E-state index contributed by atoms with van der Waals surface area (Å²) in [6.07, 6.45) is 12.0. The standard InChI is InChI=1S/C24H30FN7.C2H3Cl/c1-4-16(2)29-18-10-11-21(25)22(12-18)31-23-20(17-8-6-5-7-9-17)15-28-24(32-23)30-19(13-26)14-27-3;1-2-3/h4,10-15,17,29H,1-2,5-9,26H2,3H3,(H2,28,30,31,32);2H,1H2/b19-13+,27-14?;. The Morgan fingerprint density at radius 2 is 1.94 bits per heavy atom. The number of hydrogen-bond donors (Lipinski definition) is 4. The van der Waals surface area contributed by atoms with Crippen LogP contribution in [0.25, 0.3) is 0 Å². The van der Waals surface area contributed by atoms with Crippen LogP contribution in [-0.2, 0) is 0 Å². The van der Waals surface area contributed by atoms with Crippen molar-refractivity contribution in [1.82, 2.24) is 9.97 Å². The van der Waals surface area contributed by atoms with Crippen molar-refractivity contribution in [3.63, 3.8) is 0 Å². The lowest BCUT2D eigenvalue weighted by atomic mass is 9.85. The molecular formula is C26H33ClFN7. The molecule has 1 aromatic carbocycles. The van der Waals surface area contributed by atoms with E-state index in [0.29, 0.717) is 40.5 Å². The van der Waals surface area contributed by atoms with Gasteiger partial charge in [-0.2, -0.15) is 4.98 Å². The van der Waals surface area contributed by atoms with E-state index in [1.165, 1.54) is 24.2 Å². The molecule has 7 nitrogen and oxygen atoms in total. The van der Waals surface area contributed by atoms with Crippen LogP contribution < -0.4 is 21.7 Å². The van der Waals surface area contributed by atoms with Crippen LogP contribution in [0.3, 0.4) is 0 Å². The van der Waals surface area contributed by atoms with E-state index in [9.17, 15) is 4.39 Å². The third-order valence-electron chi connectivity index (χ3n) is 5.34. The molecule has 5 N–H and O–H groups in total. The molecule has 0 saturated heterocycles. The second kappa shape index (κ2) is 14.6. The van der Waals surface area contributed by atoms with Gasteiger partial charge >= 0.3 is 0 Å². The monoisotopic (exact) mass is 497 g/mol. The number of rotatable bonds is 9. The normalized spacial score (nSPS) is 14.0. The van der Waals surface area contributed by atoms with Crippen molar-refractivity contribution in [2.75, 3.05) is 23.0 Å². The molecule has 1 aromatic heterocycles. The van der Waals surface area contributed by atoms with Crippen molar-refractivity contribution < 1.29 is 4.39 Å². The number of anilines is 4. The van der Waals surface area contributed by atoms with Crippen LogP contribution in [0, 0.1) is 5.82 Å². The summed E-state index contributed by atoms with van der Waals surface area (Å²) in [5, 5.41) is 9.31. The third kappa shape index (κ3) is 8.57. The summed E-state index contributed by atoms with van der Waals surface area (Å²) in [7, 11) is 1.65. The first kappa shape index (κ1) is 27.6. The summed E-state index contributed by atoms with van der Waals surface area (Å²) in [6.45, 7) is 10.7. The summed E-state index contributed by atoms with van der Waals surface area (Å²) in [4.78, 5) is 13.1. The molecule has 1 aliphatic carbocycles. The lowest BCUT2D eigenvalue weighted by Gasteiger charge is -2.24. The van der Waals surface area contributed by atoms with Gasteiger partial charge < -0.3 is 21.7 Å². The minimum absolute atomic E-state index is 0.304. The number of benzene rings is 1. The average molecular weight is 498 g/mol. The summed E-state index contributed by atoms with van der Waals surface area (Å²) in [6, 6.07) is 4.72. The number of halogens is 2. The summed E-state index contributed by atoms with van der Waals surface area (Å²) in [5.41, 5.74) is 10.0. The minimum Gasteiger partial charge on any atom is -0.403 e. The summed E-state index contributed by atoms with van der Waals surface area (Å²) in [5.74, 6) is 0.853. The maximum atomic E-state index is 14.7. The Hall–Kier alpha value is -3.65. The molecule has 186 valence electrons. The highest BCUT2D eigenvalue weighted by Gasteiger charge is 2.21. The first-order valence-electron chi connectivity index (χ1n) is 11.3. The highest BCUT2D eigenvalue weighted by Crippen LogP contribution is 2.37. The molecule has 35 heavy (non-hydrogen) atoms. The SMILES string of the molecule is C=CC(=C)Nc1ccc(F)c(Nc2nc(N/C(C=NC)=C/N)ncc2C2CCCCC2)c1.C=CCl. The molecule has 1 saturated carbocycles. The minimum atomic E-state index is -0.386. The van der Waals surface area contributed by atoms with Gasteiger partial charge in [-0.1, -0.05) is 50.6 Å². The first-order valence-corrected chi connectivity index (χ1v) is 11.7. The molecule has 2 aromatic rings.